The molecule has 3 rings (SSSR count). The van der Waals surface area contributed by atoms with Crippen LogP contribution >= 0.6 is 0 Å². The Bertz CT molecular complexity index is 921. The Morgan fingerprint density at radius 1 is 0.815 bits per heavy atom. The molecule has 27 heavy (non-hydrogen) atoms. The third kappa shape index (κ3) is 5.19. The number of benzene rings is 3. The molecule has 0 aliphatic heterocycles. The molecule has 0 unspecified atom stereocenters. The molecule has 5 heteroatoms. The highest BCUT2D eigenvalue weighted by Gasteiger charge is 2.10. The molecule has 0 fully saturated rings. The smallest absolute Gasteiger partial charge is 0.307 e. The molecule has 0 aromatic heterocycles. The number of nitrogens with one attached hydrogen (secondary N) is 1. The molecule has 0 saturated heterocycles. The largest absolute Gasteiger partial charge is 0.484 e. The summed E-state index contributed by atoms with van der Waals surface area (Å²) in [5, 5.41) is 11.6. The lowest BCUT2D eigenvalue weighted by Gasteiger charge is -2.11. The molecule has 136 valence electrons. The second kappa shape index (κ2) is 8.67. The van der Waals surface area contributed by atoms with E-state index in [0.29, 0.717) is 17.0 Å². The van der Waals surface area contributed by atoms with Crippen molar-refractivity contribution in [3.8, 4) is 16.9 Å². The van der Waals surface area contributed by atoms with Gasteiger partial charge in [-0.25, -0.2) is 0 Å². The van der Waals surface area contributed by atoms with Gasteiger partial charge in [0.2, 0.25) is 0 Å². The van der Waals surface area contributed by atoms with E-state index in [1.807, 2.05) is 54.6 Å². The Kier molecular flexibility index (Phi) is 5.84. The highest BCUT2D eigenvalue weighted by molar-refractivity contribution is 5.93. The van der Waals surface area contributed by atoms with Gasteiger partial charge < -0.3 is 15.2 Å². The molecule has 0 aliphatic carbocycles. The number of ether oxygens (including phenoxy) is 1. The molecule has 0 spiro atoms. The van der Waals surface area contributed by atoms with E-state index in [2.05, 4.69) is 5.32 Å². The standard InChI is InChI=1S/C22H19NO4/c24-21(23-20-9-5-4-8-18(20)14-22(25)26)15-27-19-12-10-17(11-13-19)16-6-2-1-3-7-16/h1-13H,14-15H2,(H,23,24)(H,25,26). The summed E-state index contributed by atoms with van der Waals surface area (Å²) in [5.41, 5.74) is 3.20. The Morgan fingerprint density at radius 2 is 1.44 bits per heavy atom. The predicted molar refractivity (Wildman–Crippen MR) is 104 cm³/mol. The van der Waals surface area contributed by atoms with Crippen LogP contribution in [0.25, 0.3) is 11.1 Å². The summed E-state index contributed by atoms with van der Waals surface area (Å²) in [4.78, 5) is 23.0. The molecule has 3 aromatic carbocycles. The SMILES string of the molecule is O=C(O)Cc1ccccc1NC(=O)COc1ccc(-c2ccccc2)cc1. The van der Waals surface area contributed by atoms with Gasteiger partial charge in [0, 0.05) is 5.69 Å². The van der Waals surface area contributed by atoms with Gasteiger partial charge in [-0.15, -0.1) is 0 Å². The van der Waals surface area contributed by atoms with Crippen molar-refractivity contribution in [1.82, 2.24) is 0 Å². The number of carboxylic acids is 1. The zero-order chi connectivity index (χ0) is 19.1. The molecule has 5 nitrogen and oxygen atoms in total. The highest BCUT2D eigenvalue weighted by Crippen LogP contribution is 2.22. The molecule has 0 saturated carbocycles. The number of amides is 1. The number of hydrogen-bond donors (Lipinski definition) is 2. The van der Waals surface area contributed by atoms with Crippen LogP contribution in [0.15, 0.2) is 78.9 Å². The minimum atomic E-state index is -0.952. The second-order valence-corrected chi connectivity index (χ2v) is 5.95. The van der Waals surface area contributed by atoms with Gasteiger partial charge in [-0.05, 0) is 34.9 Å². The molecule has 0 bridgehead atoms. The molecule has 0 atom stereocenters. The Balaban J connectivity index is 1.57. The molecule has 0 aliphatic rings. The van der Waals surface area contributed by atoms with Crippen LogP contribution in [-0.2, 0) is 16.0 Å². The fraction of sp³-hybridized carbons (Fsp3) is 0.0909. The van der Waals surface area contributed by atoms with Gasteiger partial charge in [-0.1, -0.05) is 60.7 Å². The highest BCUT2D eigenvalue weighted by atomic mass is 16.5. The summed E-state index contributed by atoms with van der Waals surface area (Å²) in [7, 11) is 0. The summed E-state index contributed by atoms with van der Waals surface area (Å²) >= 11 is 0. The number of rotatable bonds is 7. The zero-order valence-electron chi connectivity index (χ0n) is 14.6. The average molecular weight is 361 g/mol. The van der Waals surface area contributed by atoms with Crippen molar-refractivity contribution in [2.24, 2.45) is 0 Å². The van der Waals surface area contributed by atoms with E-state index >= 15 is 0 Å². The van der Waals surface area contributed by atoms with Crippen molar-refractivity contribution >= 4 is 17.6 Å². The lowest BCUT2D eigenvalue weighted by molar-refractivity contribution is -0.136. The lowest BCUT2D eigenvalue weighted by atomic mass is 10.1. The number of anilines is 1. The van der Waals surface area contributed by atoms with Gasteiger partial charge in [0.05, 0.1) is 6.42 Å². The topological polar surface area (TPSA) is 75.6 Å². The summed E-state index contributed by atoms with van der Waals surface area (Å²) in [6.07, 6.45) is -0.155. The normalized spacial score (nSPS) is 10.2. The summed E-state index contributed by atoms with van der Waals surface area (Å²) in [5.74, 6) is -0.713. The van der Waals surface area contributed by atoms with Crippen LogP contribution in [0.1, 0.15) is 5.56 Å². The number of aliphatic carboxylic acids is 1. The van der Waals surface area contributed by atoms with Crippen LogP contribution < -0.4 is 10.1 Å². The van der Waals surface area contributed by atoms with Crippen molar-refractivity contribution in [3.05, 3.63) is 84.4 Å². The van der Waals surface area contributed by atoms with Gasteiger partial charge in [-0.3, -0.25) is 9.59 Å². The minimum Gasteiger partial charge on any atom is -0.484 e. The average Bonchev–Trinajstić information content (AvgIpc) is 2.69. The minimum absolute atomic E-state index is 0.155. The van der Waals surface area contributed by atoms with E-state index in [0.717, 1.165) is 11.1 Å². The Labute approximate surface area is 157 Å². The maximum atomic E-state index is 12.1. The fourth-order valence-electron chi connectivity index (χ4n) is 2.67. The molecule has 0 heterocycles. The maximum Gasteiger partial charge on any atom is 0.307 e. The number of para-hydroxylation sites is 1. The van der Waals surface area contributed by atoms with Crippen molar-refractivity contribution in [2.45, 2.75) is 6.42 Å². The van der Waals surface area contributed by atoms with E-state index < -0.39 is 5.97 Å². The number of hydrogen-bond acceptors (Lipinski definition) is 3. The predicted octanol–water partition coefficient (Wildman–Crippen LogP) is 4.00. The third-order valence-corrected chi connectivity index (χ3v) is 3.96. The van der Waals surface area contributed by atoms with Crippen molar-refractivity contribution < 1.29 is 19.4 Å². The first-order chi connectivity index (χ1) is 13.1. The van der Waals surface area contributed by atoms with Crippen LogP contribution in [0.5, 0.6) is 5.75 Å². The first-order valence-electron chi connectivity index (χ1n) is 8.49. The van der Waals surface area contributed by atoms with Gasteiger partial charge in [0.15, 0.2) is 6.61 Å². The lowest BCUT2D eigenvalue weighted by Crippen LogP contribution is -2.21. The van der Waals surface area contributed by atoms with Crippen LogP contribution in [0.4, 0.5) is 5.69 Å². The van der Waals surface area contributed by atoms with Crippen LogP contribution in [0, 0.1) is 0 Å². The summed E-state index contributed by atoms with van der Waals surface area (Å²) in [6, 6.07) is 24.3. The summed E-state index contributed by atoms with van der Waals surface area (Å²) < 4.78 is 5.52. The Morgan fingerprint density at radius 3 is 2.15 bits per heavy atom. The van der Waals surface area contributed by atoms with Crippen molar-refractivity contribution in [2.75, 3.05) is 11.9 Å². The van der Waals surface area contributed by atoms with Gasteiger partial charge in [0.1, 0.15) is 5.75 Å². The molecular formula is C22H19NO4. The van der Waals surface area contributed by atoms with E-state index in [1.165, 1.54) is 0 Å². The molecule has 3 aromatic rings. The molecular weight excluding hydrogens is 342 g/mol. The van der Waals surface area contributed by atoms with Gasteiger partial charge >= 0.3 is 5.97 Å². The Hall–Kier alpha value is -3.60. The number of carbonyl (C=O) groups is 2. The van der Waals surface area contributed by atoms with Gasteiger partial charge in [0.25, 0.3) is 5.91 Å². The van der Waals surface area contributed by atoms with Gasteiger partial charge in [-0.2, -0.15) is 0 Å². The van der Waals surface area contributed by atoms with E-state index in [4.69, 9.17) is 9.84 Å². The first kappa shape index (κ1) is 18.2. The van der Waals surface area contributed by atoms with Crippen LogP contribution in [0.3, 0.4) is 0 Å². The van der Waals surface area contributed by atoms with Crippen LogP contribution in [-0.4, -0.2) is 23.6 Å². The molecule has 2 N–H and O–H groups in total. The van der Waals surface area contributed by atoms with Crippen molar-refractivity contribution in [1.29, 1.82) is 0 Å². The van der Waals surface area contributed by atoms with Crippen molar-refractivity contribution in [3.63, 3.8) is 0 Å². The molecule has 0 radical (unpaired) electrons. The number of carbonyl (C=O) groups excluding carboxylic acids is 1. The third-order valence-electron chi connectivity index (χ3n) is 3.96. The second-order valence-electron chi connectivity index (χ2n) is 5.95. The zero-order valence-corrected chi connectivity index (χ0v) is 14.6. The quantitative estimate of drug-likeness (QED) is 0.667. The van der Waals surface area contributed by atoms with E-state index in [-0.39, 0.29) is 18.9 Å². The van der Waals surface area contributed by atoms with E-state index in [9.17, 15) is 9.59 Å². The summed E-state index contributed by atoms with van der Waals surface area (Å²) in [6.45, 7) is -0.161. The first-order valence-corrected chi connectivity index (χ1v) is 8.49. The monoisotopic (exact) mass is 361 g/mol. The number of carboxylic acid groups (broad SMARTS) is 1. The van der Waals surface area contributed by atoms with E-state index in [1.54, 1.807) is 24.3 Å². The maximum absolute atomic E-state index is 12.1. The van der Waals surface area contributed by atoms with Crippen LogP contribution in [0.2, 0.25) is 0 Å². The molecule has 1 amide bonds. The fourth-order valence-corrected chi connectivity index (χ4v) is 2.67.